The van der Waals surface area contributed by atoms with Gasteiger partial charge in [-0.3, -0.25) is 14.5 Å². The van der Waals surface area contributed by atoms with E-state index in [1.807, 2.05) is 0 Å². The normalized spacial score (nSPS) is 14.9. The first-order valence-corrected chi connectivity index (χ1v) is 14.2. The van der Waals surface area contributed by atoms with Crippen molar-refractivity contribution in [2.24, 2.45) is 0 Å². The molecule has 2 aromatic heterocycles. The average Bonchev–Trinajstić information content (AvgIpc) is 3.53. The highest BCUT2D eigenvalue weighted by Crippen LogP contribution is 2.40. The molecule has 0 atom stereocenters. The zero-order valence-corrected chi connectivity index (χ0v) is 24.3. The number of amides is 2. The highest BCUT2D eigenvalue weighted by atomic mass is 32.2. The number of nitrogens with one attached hydrogen (secondary N) is 1. The van der Waals surface area contributed by atoms with Crippen LogP contribution in [0.3, 0.4) is 0 Å². The monoisotopic (exact) mass is 659 g/mol. The molecule has 4 rings (SSSR count). The van der Waals surface area contributed by atoms with Gasteiger partial charge in [-0.05, 0) is 64.5 Å². The van der Waals surface area contributed by atoms with Crippen LogP contribution in [0.1, 0.15) is 38.5 Å². The van der Waals surface area contributed by atoms with Gasteiger partial charge >= 0.3 is 18.3 Å². The molecule has 1 aliphatic rings. The van der Waals surface area contributed by atoms with Crippen molar-refractivity contribution in [3.8, 4) is 11.1 Å². The predicted molar refractivity (Wildman–Crippen MR) is 152 cm³/mol. The molecule has 3 heterocycles. The molecule has 1 N–H and O–H groups in total. The summed E-state index contributed by atoms with van der Waals surface area (Å²) in [7, 11) is 1.22. The summed E-state index contributed by atoms with van der Waals surface area (Å²) in [4.78, 5) is 42.6. The molecular weight excluding hydrogens is 641 g/mol. The number of hydrogen-bond acceptors (Lipinski definition) is 8. The molecule has 7 nitrogen and oxygen atoms in total. The maximum Gasteiger partial charge on any atom is 0.416 e. The second-order valence-electron chi connectivity index (χ2n) is 8.93. The number of hydrogen-bond donors (Lipinski definition) is 1. The van der Waals surface area contributed by atoms with Gasteiger partial charge in [0, 0.05) is 30.6 Å². The fourth-order valence-electron chi connectivity index (χ4n) is 3.83. The third kappa shape index (κ3) is 8.00. The molecule has 16 heteroatoms. The molecule has 2 amide bonds. The maximum absolute atomic E-state index is 13.3. The fraction of sp³-hybridized carbons (Fsp3) is 0.222. The summed E-state index contributed by atoms with van der Waals surface area (Å²) in [5.74, 6) is -1.51. The van der Waals surface area contributed by atoms with Crippen molar-refractivity contribution in [3.63, 3.8) is 0 Å². The minimum atomic E-state index is -4.98. The molecule has 0 spiro atoms. The molecule has 226 valence electrons. The summed E-state index contributed by atoms with van der Waals surface area (Å²) in [5.41, 5.74) is -2.33. The Morgan fingerprint density at radius 2 is 1.72 bits per heavy atom. The molecule has 0 aliphatic carbocycles. The van der Waals surface area contributed by atoms with Gasteiger partial charge in [-0.15, -0.1) is 11.3 Å². The van der Waals surface area contributed by atoms with E-state index in [2.05, 4.69) is 15.0 Å². The Morgan fingerprint density at radius 3 is 2.35 bits per heavy atom. The number of carbonyl (C=O) groups excluding carboxylic acids is 3. The van der Waals surface area contributed by atoms with Crippen molar-refractivity contribution in [2.45, 2.75) is 25.3 Å². The Hall–Kier alpha value is -3.76. The number of thiophene rings is 1. The molecule has 0 unspecified atom stereocenters. The molecule has 1 saturated heterocycles. The Bertz CT molecular complexity index is 1590. The number of benzene rings is 1. The minimum Gasteiger partial charge on any atom is -0.464 e. The largest absolute Gasteiger partial charge is 0.464 e. The Balaban J connectivity index is 1.41. The number of thiocarbonyl (C=S) groups is 1. The van der Waals surface area contributed by atoms with Crippen LogP contribution in [0, 0.1) is 0 Å². The lowest BCUT2D eigenvalue weighted by Crippen LogP contribution is -2.33. The number of aromatic nitrogens is 1. The fourth-order valence-corrected chi connectivity index (χ4v) is 6.05. The van der Waals surface area contributed by atoms with Gasteiger partial charge in [0.2, 0.25) is 5.91 Å². The van der Waals surface area contributed by atoms with Gasteiger partial charge in [0.25, 0.3) is 5.91 Å². The summed E-state index contributed by atoms with van der Waals surface area (Å²) < 4.78 is 84.3. The van der Waals surface area contributed by atoms with Crippen LogP contribution in [0.4, 0.5) is 26.3 Å². The van der Waals surface area contributed by atoms with Crippen LogP contribution in [-0.4, -0.2) is 45.6 Å². The lowest BCUT2D eigenvalue weighted by Gasteiger charge is -2.14. The molecule has 0 bridgehead atoms. The van der Waals surface area contributed by atoms with Crippen molar-refractivity contribution in [3.05, 3.63) is 80.1 Å². The quantitative estimate of drug-likeness (QED) is 0.127. The molecule has 0 radical (unpaired) electrons. The van der Waals surface area contributed by atoms with Gasteiger partial charge in [0.1, 0.15) is 10.0 Å². The number of rotatable bonds is 8. The van der Waals surface area contributed by atoms with E-state index in [0.29, 0.717) is 22.6 Å². The first-order valence-electron chi connectivity index (χ1n) is 12.1. The second-order valence-corrected chi connectivity index (χ2v) is 11.6. The molecular formula is C27H19F6N3O4S3. The summed E-state index contributed by atoms with van der Waals surface area (Å²) in [6.45, 7) is 0.0679. The number of nitrogens with zero attached hydrogens (tertiary/aromatic N) is 2. The predicted octanol–water partition coefficient (Wildman–Crippen LogP) is 6.54. The van der Waals surface area contributed by atoms with Gasteiger partial charge in [0.05, 0.1) is 23.1 Å². The SMILES string of the molecule is COC(=O)c1cc(CNC(=O)CCN2C(=O)C(=Cc3cc(-c4cc(C(F)(F)F)cc(C(F)(F)F)c4)cs3)SC2=S)ccn1. The second kappa shape index (κ2) is 12.9. The zero-order chi connectivity index (χ0) is 31.5. The lowest BCUT2D eigenvalue weighted by molar-refractivity contribution is -0.143. The number of pyridine rings is 1. The van der Waals surface area contributed by atoms with Crippen molar-refractivity contribution < 1.29 is 45.5 Å². The van der Waals surface area contributed by atoms with E-state index >= 15 is 0 Å². The highest BCUT2D eigenvalue weighted by molar-refractivity contribution is 8.26. The Labute approximate surface area is 253 Å². The molecule has 1 aliphatic heterocycles. The van der Waals surface area contributed by atoms with Gasteiger partial charge in [-0.25, -0.2) is 9.78 Å². The van der Waals surface area contributed by atoms with Crippen LogP contribution in [0.2, 0.25) is 0 Å². The van der Waals surface area contributed by atoms with Crippen LogP contribution in [-0.2, 0) is 33.2 Å². The number of carbonyl (C=O) groups is 3. The number of halogens is 6. The van der Waals surface area contributed by atoms with E-state index in [1.54, 1.807) is 6.07 Å². The van der Waals surface area contributed by atoms with Crippen LogP contribution in [0.5, 0.6) is 0 Å². The van der Waals surface area contributed by atoms with E-state index in [9.17, 15) is 40.7 Å². The zero-order valence-electron chi connectivity index (χ0n) is 21.8. The smallest absolute Gasteiger partial charge is 0.416 e. The van der Waals surface area contributed by atoms with Crippen molar-refractivity contribution in [2.75, 3.05) is 13.7 Å². The van der Waals surface area contributed by atoms with Crippen LogP contribution < -0.4 is 5.32 Å². The molecule has 1 fully saturated rings. The highest BCUT2D eigenvalue weighted by Gasteiger charge is 2.37. The van der Waals surface area contributed by atoms with Crippen molar-refractivity contribution in [1.29, 1.82) is 0 Å². The van der Waals surface area contributed by atoms with Crippen molar-refractivity contribution in [1.82, 2.24) is 15.2 Å². The van der Waals surface area contributed by atoms with Gasteiger partial charge < -0.3 is 10.1 Å². The molecule has 1 aromatic carbocycles. The summed E-state index contributed by atoms with van der Waals surface area (Å²) >= 11 is 7.25. The van der Waals surface area contributed by atoms with Gasteiger partial charge in [-0.2, -0.15) is 26.3 Å². The summed E-state index contributed by atoms with van der Waals surface area (Å²) in [6.07, 6.45) is -7.21. The van der Waals surface area contributed by atoms with E-state index in [0.717, 1.165) is 23.1 Å². The van der Waals surface area contributed by atoms with Crippen LogP contribution in [0.25, 0.3) is 17.2 Å². The van der Waals surface area contributed by atoms with Gasteiger partial charge in [-0.1, -0.05) is 24.0 Å². The first-order chi connectivity index (χ1) is 20.2. The molecule has 43 heavy (non-hydrogen) atoms. The minimum absolute atomic E-state index is 0.0300. The van der Waals surface area contributed by atoms with Gasteiger partial charge in [0.15, 0.2) is 0 Å². The lowest BCUT2D eigenvalue weighted by atomic mass is 10.0. The number of thioether (sulfide) groups is 1. The maximum atomic E-state index is 13.3. The standard InChI is InChI=1S/C27H19F6N3O4S3/c1-40-24(39)20-6-14(2-4-34-20)12-35-22(37)3-5-36-23(38)21(43-25(36)41)11-19-9-16(13-42-19)15-7-17(26(28,29)30)10-18(8-15)27(31,32)33/h2,4,6-11,13H,3,5,12H2,1H3,(H,35,37). The van der Waals surface area contributed by atoms with E-state index in [-0.39, 0.29) is 51.6 Å². The number of ether oxygens (including phenoxy) is 1. The summed E-state index contributed by atoms with van der Waals surface area (Å²) in [6, 6.07) is 5.79. The van der Waals surface area contributed by atoms with Crippen LogP contribution in [0.15, 0.2) is 52.9 Å². The first kappa shape index (κ1) is 32.2. The van der Waals surface area contributed by atoms with E-state index in [4.69, 9.17) is 12.2 Å². The molecule has 0 saturated carbocycles. The third-order valence-corrected chi connectivity index (χ3v) is 8.22. The number of alkyl halides is 6. The third-order valence-electron chi connectivity index (χ3n) is 5.96. The van der Waals surface area contributed by atoms with Crippen molar-refractivity contribution >= 4 is 63.5 Å². The number of esters is 1. The Kier molecular flexibility index (Phi) is 9.61. The van der Waals surface area contributed by atoms with E-state index < -0.39 is 41.3 Å². The topological polar surface area (TPSA) is 88.6 Å². The van der Waals surface area contributed by atoms with E-state index in [1.165, 1.54) is 41.8 Å². The molecule has 3 aromatic rings. The summed E-state index contributed by atoms with van der Waals surface area (Å²) in [5, 5.41) is 4.06. The average molecular weight is 660 g/mol. The van der Waals surface area contributed by atoms with Crippen LogP contribution >= 0.6 is 35.3 Å². The number of methoxy groups -OCH3 is 1. The Morgan fingerprint density at radius 1 is 1.05 bits per heavy atom.